The fraction of sp³-hybridized carbons (Fsp3) is 0.316. The fourth-order valence-electron chi connectivity index (χ4n) is 3.07. The Morgan fingerprint density at radius 2 is 1.81 bits per heavy atom. The van der Waals surface area contributed by atoms with Gasteiger partial charge in [0.1, 0.15) is 11.8 Å². The summed E-state index contributed by atoms with van der Waals surface area (Å²) in [5, 5.41) is 14.2. The maximum atomic E-state index is 12.7. The number of phenols is 1. The van der Waals surface area contributed by atoms with Gasteiger partial charge in [-0.15, -0.1) is 0 Å². The summed E-state index contributed by atoms with van der Waals surface area (Å²) >= 11 is 12.1. The number of nitrogens with one attached hydrogen (secondary N) is 1. The van der Waals surface area contributed by atoms with Gasteiger partial charge in [-0.25, -0.2) is 0 Å². The quantitative estimate of drug-likeness (QED) is 0.827. The molecule has 138 valence electrons. The van der Waals surface area contributed by atoms with Gasteiger partial charge in [0, 0.05) is 31.2 Å². The fourth-order valence-corrected chi connectivity index (χ4v) is 3.54. The average Bonchev–Trinajstić information content (AvgIpc) is 2.64. The normalized spacial score (nSPS) is 15.7. The number of hydrogen-bond acceptors (Lipinski definition) is 4. The van der Waals surface area contributed by atoms with Crippen LogP contribution in [0.15, 0.2) is 42.5 Å². The molecule has 3 rings (SSSR count). The lowest BCUT2D eigenvalue weighted by Gasteiger charge is -2.37. The number of carbonyl (C=O) groups is 1. The first kappa shape index (κ1) is 18.7. The van der Waals surface area contributed by atoms with E-state index in [4.69, 9.17) is 23.2 Å². The molecular formula is C19H21Cl2N3O2. The van der Waals surface area contributed by atoms with Crippen molar-refractivity contribution >= 4 is 40.5 Å². The standard InChI is InChI=1S/C19H21Cl2N3O2/c1-13(22-16-7-6-14(20)12-15(16)21)19(26)24-10-8-23(9-11-24)17-4-2-3-5-18(17)25/h2-7,12-13,22,25H,8-11H2,1H3. The molecule has 1 saturated heterocycles. The first-order valence-corrected chi connectivity index (χ1v) is 9.24. The third-order valence-corrected chi connectivity index (χ3v) is 5.04. The molecule has 0 saturated carbocycles. The summed E-state index contributed by atoms with van der Waals surface area (Å²) in [4.78, 5) is 16.6. The van der Waals surface area contributed by atoms with Crippen LogP contribution in [0.2, 0.25) is 10.0 Å². The summed E-state index contributed by atoms with van der Waals surface area (Å²) in [7, 11) is 0. The van der Waals surface area contributed by atoms with E-state index < -0.39 is 6.04 Å². The van der Waals surface area contributed by atoms with Crippen LogP contribution in [0.25, 0.3) is 0 Å². The highest BCUT2D eigenvalue weighted by molar-refractivity contribution is 6.36. The van der Waals surface area contributed by atoms with Gasteiger partial charge in [-0.1, -0.05) is 35.3 Å². The number of benzene rings is 2. The monoisotopic (exact) mass is 393 g/mol. The lowest BCUT2D eigenvalue weighted by atomic mass is 10.2. The maximum Gasteiger partial charge on any atom is 0.244 e. The molecule has 0 radical (unpaired) electrons. The number of nitrogens with zero attached hydrogens (tertiary/aromatic N) is 2. The minimum atomic E-state index is -0.398. The lowest BCUT2D eigenvalue weighted by Crippen LogP contribution is -2.52. The number of amides is 1. The van der Waals surface area contributed by atoms with Crippen molar-refractivity contribution in [1.29, 1.82) is 0 Å². The number of phenolic OH excluding ortho intramolecular Hbond substituents is 1. The van der Waals surface area contributed by atoms with Crippen LogP contribution in [0, 0.1) is 0 Å². The molecular weight excluding hydrogens is 373 g/mol. The molecule has 2 N–H and O–H groups in total. The van der Waals surface area contributed by atoms with Gasteiger partial charge in [-0.05, 0) is 37.3 Å². The van der Waals surface area contributed by atoms with Crippen LogP contribution >= 0.6 is 23.2 Å². The molecule has 1 heterocycles. The molecule has 1 amide bonds. The second-order valence-electron chi connectivity index (χ2n) is 6.29. The summed E-state index contributed by atoms with van der Waals surface area (Å²) in [6.45, 7) is 4.39. The number of piperazine rings is 1. The van der Waals surface area contributed by atoms with E-state index in [1.165, 1.54) is 0 Å². The molecule has 0 aliphatic carbocycles. The van der Waals surface area contributed by atoms with Crippen molar-refractivity contribution in [3.63, 3.8) is 0 Å². The molecule has 1 fully saturated rings. The van der Waals surface area contributed by atoms with E-state index in [-0.39, 0.29) is 11.7 Å². The zero-order chi connectivity index (χ0) is 18.7. The minimum Gasteiger partial charge on any atom is -0.506 e. The van der Waals surface area contributed by atoms with Crippen molar-refractivity contribution in [2.24, 2.45) is 0 Å². The van der Waals surface area contributed by atoms with E-state index in [0.717, 1.165) is 5.69 Å². The maximum absolute atomic E-state index is 12.7. The summed E-state index contributed by atoms with van der Waals surface area (Å²) in [5.41, 5.74) is 1.49. The molecule has 0 bridgehead atoms. The smallest absolute Gasteiger partial charge is 0.244 e. The van der Waals surface area contributed by atoms with E-state index in [9.17, 15) is 9.90 Å². The van der Waals surface area contributed by atoms with Gasteiger partial charge in [0.15, 0.2) is 0 Å². The van der Waals surface area contributed by atoms with E-state index in [1.807, 2.05) is 24.0 Å². The number of halogens is 2. The van der Waals surface area contributed by atoms with Crippen LogP contribution in [0.1, 0.15) is 6.92 Å². The van der Waals surface area contributed by atoms with E-state index in [2.05, 4.69) is 10.2 Å². The summed E-state index contributed by atoms with van der Waals surface area (Å²) < 4.78 is 0. The minimum absolute atomic E-state index is 0.0213. The van der Waals surface area contributed by atoms with Gasteiger partial charge in [0.05, 0.1) is 16.4 Å². The Kier molecular flexibility index (Phi) is 5.79. The van der Waals surface area contributed by atoms with Gasteiger partial charge in [0.2, 0.25) is 5.91 Å². The van der Waals surface area contributed by atoms with Gasteiger partial charge < -0.3 is 20.2 Å². The number of rotatable bonds is 4. The molecule has 0 spiro atoms. The molecule has 7 heteroatoms. The van der Waals surface area contributed by atoms with Gasteiger partial charge in [0.25, 0.3) is 0 Å². The average molecular weight is 394 g/mol. The molecule has 2 aromatic rings. The van der Waals surface area contributed by atoms with Crippen LogP contribution in [0.5, 0.6) is 5.75 Å². The molecule has 26 heavy (non-hydrogen) atoms. The molecule has 1 aliphatic rings. The Hall–Kier alpha value is -2.11. The largest absolute Gasteiger partial charge is 0.506 e. The predicted octanol–water partition coefficient (Wildman–Crippen LogP) is 3.85. The predicted molar refractivity (Wildman–Crippen MR) is 106 cm³/mol. The van der Waals surface area contributed by atoms with Crippen LogP contribution in [-0.4, -0.2) is 48.1 Å². The highest BCUT2D eigenvalue weighted by atomic mass is 35.5. The Balaban J connectivity index is 1.58. The van der Waals surface area contributed by atoms with Gasteiger partial charge in [-0.2, -0.15) is 0 Å². The van der Waals surface area contributed by atoms with Crippen LogP contribution < -0.4 is 10.2 Å². The first-order chi connectivity index (χ1) is 12.5. The molecule has 2 aromatic carbocycles. The Bertz CT molecular complexity index is 792. The number of anilines is 2. The molecule has 0 aromatic heterocycles. The van der Waals surface area contributed by atoms with Crippen molar-refractivity contribution < 1.29 is 9.90 Å². The summed E-state index contributed by atoms with van der Waals surface area (Å²) in [5.74, 6) is 0.285. The number of carbonyl (C=O) groups excluding carboxylic acids is 1. The van der Waals surface area contributed by atoms with Crippen molar-refractivity contribution in [3.8, 4) is 5.75 Å². The summed E-state index contributed by atoms with van der Waals surface area (Å²) in [6, 6.07) is 12.0. The van der Waals surface area contributed by atoms with Crippen LogP contribution in [-0.2, 0) is 4.79 Å². The Morgan fingerprint density at radius 3 is 2.46 bits per heavy atom. The van der Waals surface area contributed by atoms with Crippen molar-refractivity contribution in [3.05, 3.63) is 52.5 Å². The zero-order valence-electron chi connectivity index (χ0n) is 14.5. The van der Waals surface area contributed by atoms with Gasteiger partial charge in [-0.3, -0.25) is 4.79 Å². The van der Waals surface area contributed by atoms with Crippen LogP contribution in [0.4, 0.5) is 11.4 Å². The molecule has 5 nitrogen and oxygen atoms in total. The van der Waals surface area contributed by atoms with Crippen LogP contribution in [0.3, 0.4) is 0 Å². The van der Waals surface area contributed by atoms with Gasteiger partial charge >= 0.3 is 0 Å². The summed E-state index contributed by atoms with van der Waals surface area (Å²) in [6.07, 6.45) is 0. The number of aromatic hydroxyl groups is 1. The first-order valence-electron chi connectivity index (χ1n) is 8.49. The highest BCUT2D eigenvalue weighted by Crippen LogP contribution is 2.28. The second-order valence-corrected chi connectivity index (χ2v) is 7.13. The molecule has 1 unspecified atom stereocenters. The topological polar surface area (TPSA) is 55.8 Å². The highest BCUT2D eigenvalue weighted by Gasteiger charge is 2.26. The third kappa shape index (κ3) is 4.17. The van der Waals surface area contributed by atoms with Crippen molar-refractivity contribution in [2.45, 2.75) is 13.0 Å². The zero-order valence-corrected chi connectivity index (χ0v) is 16.0. The Morgan fingerprint density at radius 1 is 1.12 bits per heavy atom. The Labute approximate surface area is 163 Å². The van der Waals surface area contributed by atoms with Crippen molar-refractivity contribution in [1.82, 2.24) is 4.90 Å². The van der Waals surface area contributed by atoms with E-state index >= 15 is 0 Å². The molecule has 1 atom stereocenters. The SMILES string of the molecule is CC(Nc1ccc(Cl)cc1Cl)C(=O)N1CCN(c2ccccc2O)CC1. The van der Waals surface area contributed by atoms with E-state index in [1.54, 1.807) is 30.3 Å². The third-order valence-electron chi connectivity index (χ3n) is 4.49. The molecule has 1 aliphatic heterocycles. The lowest BCUT2D eigenvalue weighted by molar-refractivity contribution is -0.131. The second kappa shape index (κ2) is 8.06. The number of para-hydroxylation sites is 2. The van der Waals surface area contributed by atoms with E-state index in [0.29, 0.717) is 41.9 Å². The van der Waals surface area contributed by atoms with Crippen molar-refractivity contribution in [2.75, 3.05) is 36.4 Å². The number of hydrogen-bond donors (Lipinski definition) is 2.